The molecule has 0 aliphatic heterocycles. The van der Waals surface area contributed by atoms with Crippen molar-refractivity contribution < 1.29 is 17.7 Å². The number of aryl methyl sites for hydroxylation is 2. The van der Waals surface area contributed by atoms with Crippen molar-refractivity contribution in [3.05, 3.63) is 11.5 Å². The van der Waals surface area contributed by atoms with E-state index in [0.717, 1.165) is 4.31 Å². The molecule has 0 saturated heterocycles. The highest BCUT2D eigenvalue weighted by Gasteiger charge is 2.32. The Morgan fingerprint density at radius 3 is 2.40 bits per heavy atom. The molecule has 20 heavy (non-hydrogen) atoms. The molecule has 0 spiro atoms. The first-order valence-electron chi connectivity index (χ1n) is 6.33. The number of sulfonamides is 1. The van der Waals surface area contributed by atoms with Crippen LogP contribution in [0.4, 0.5) is 0 Å². The quantitative estimate of drug-likeness (QED) is 0.834. The van der Waals surface area contributed by atoms with E-state index in [-0.39, 0.29) is 35.6 Å². The third-order valence-electron chi connectivity index (χ3n) is 2.73. The Balaban J connectivity index is 3.20. The summed E-state index contributed by atoms with van der Waals surface area (Å²) < 4.78 is 31.4. The summed E-state index contributed by atoms with van der Waals surface area (Å²) in [4.78, 5) is 11.6. The lowest BCUT2D eigenvalue weighted by atomic mass is 10.2. The van der Waals surface area contributed by atoms with Gasteiger partial charge in [0.05, 0.1) is 6.54 Å². The molecular weight excluding hydrogens is 282 g/mol. The van der Waals surface area contributed by atoms with Gasteiger partial charge < -0.3 is 9.84 Å². The summed E-state index contributed by atoms with van der Waals surface area (Å²) in [5.41, 5.74) is 0.299. The normalized spacial score (nSPS) is 12.2. The van der Waals surface area contributed by atoms with Crippen molar-refractivity contribution in [2.45, 2.75) is 32.6 Å². The maximum atomic E-state index is 12.7. The van der Waals surface area contributed by atoms with Gasteiger partial charge in [-0.15, -0.1) is 0 Å². The zero-order chi connectivity index (χ0) is 15.5. The van der Waals surface area contributed by atoms with Crippen molar-refractivity contribution in [1.29, 1.82) is 0 Å². The average molecular weight is 303 g/mol. The van der Waals surface area contributed by atoms with Crippen molar-refractivity contribution in [2.75, 3.05) is 20.1 Å². The fraction of sp³-hybridized carbons (Fsp3) is 0.667. The van der Waals surface area contributed by atoms with E-state index in [0.29, 0.717) is 5.69 Å². The fourth-order valence-corrected chi connectivity index (χ4v) is 3.72. The molecule has 1 N–H and O–H groups in total. The first-order valence-corrected chi connectivity index (χ1v) is 7.77. The van der Waals surface area contributed by atoms with Gasteiger partial charge in [0.15, 0.2) is 5.76 Å². The highest BCUT2D eigenvalue weighted by atomic mass is 32.2. The molecule has 8 heteroatoms. The molecule has 0 aromatic carbocycles. The van der Waals surface area contributed by atoms with E-state index in [2.05, 4.69) is 10.5 Å². The van der Waals surface area contributed by atoms with Crippen LogP contribution in [-0.4, -0.2) is 43.9 Å². The molecule has 0 radical (unpaired) electrons. The van der Waals surface area contributed by atoms with Gasteiger partial charge in [-0.25, -0.2) is 8.42 Å². The maximum absolute atomic E-state index is 12.7. The second-order valence-corrected chi connectivity index (χ2v) is 6.89. The lowest BCUT2D eigenvalue weighted by molar-refractivity contribution is -0.120. The predicted molar refractivity (Wildman–Crippen MR) is 73.6 cm³/mol. The van der Waals surface area contributed by atoms with Crippen molar-refractivity contribution in [3.8, 4) is 0 Å². The summed E-state index contributed by atoms with van der Waals surface area (Å²) in [6, 6.07) is 0. The molecule has 0 saturated carbocycles. The van der Waals surface area contributed by atoms with E-state index >= 15 is 0 Å². The first kappa shape index (κ1) is 16.6. The highest BCUT2D eigenvalue weighted by molar-refractivity contribution is 7.89. The molecule has 1 amide bonds. The number of hydrogen-bond acceptors (Lipinski definition) is 5. The van der Waals surface area contributed by atoms with Gasteiger partial charge in [-0.1, -0.05) is 19.0 Å². The molecule has 114 valence electrons. The predicted octanol–water partition coefficient (Wildman–Crippen LogP) is 0.684. The second kappa shape index (κ2) is 6.36. The van der Waals surface area contributed by atoms with Crippen LogP contribution in [0, 0.1) is 19.8 Å². The smallest absolute Gasteiger partial charge is 0.248 e. The largest absolute Gasteiger partial charge is 0.360 e. The van der Waals surface area contributed by atoms with E-state index < -0.39 is 10.0 Å². The maximum Gasteiger partial charge on any atom is 0.248 e. The Morgan fingerprint density at radius 1 is 1.40 bits per heavy atom. The fourth-order valence-electron chi connectivity index (χ4n) is 1.87. The topological polar surface area (TPSA) is 92.5 Å². The Kier molecular flexibility index (Phi) is 5.29. The molecule has 7 nitrogen and oxygen atoms in total. The van der Waals surface area contributed by atoms with Crippen LogP contribution in [-0.2, 0) is 14.8 Å². The molecule has 1 aromatic heterocycles. The summed E-state index contributed by atoms with van der Waals surface area (Å²) in [6.07, 6.45) is 0. The molecule has 1 aromatic rings. The molecule has 0 unspecified atom stereocenters. The van der Waals surface area contributed by atoms with Gasteiger partial charge in [-0.3, -0.25) is 4.79 Å². The molecule has 0 bridgehead atoms. The van der Waals surface area contributed by atoms with Crippen LogP contribution in [0.15, 0.2) is 9.42 Å². The third kappa shape index (κ3) is 3.57. The Bertz CT molecular complexity index is 558. The van der Waals surface area contributed by atoms with Gasteiger partial charge in [-0.2, -0.15) is 4.31 Å². The van der Waals surface area contributed by atoms with Crippen molar-refractivity contribution in [2.24, 2.45) is 5.92 Å². The first-order chi connectivity index (χ1) is 9.20. The van der Waals surface area contributed by atoms with Gasteiger partial charge in [0.1, 0.15) is 10.6 Å². The average Bonchev–Trinajstić information content (AvgIpc) is 2.67. The third-order valence-corrected chi connectivity index (χ3v) is 4.79. The molecule has 0 atom stereocenters. The van der Waals surface area contributed by atoms with E-state index in [4.69, 9.17) is 4.52 Å². The van der Waals surface area contributed by atoms with E-state index in [9.17, 15) is 13.2 Å². The number of hydrogen-bond donors (Lipinski definition) is 1. The summed E-state index contributed by atoms with van der Waals surface area (Å²) in [5.74, 6) is -0.0379. The number of nitrogens with zero attached hydrogens (tertiary/aromatic N) is 2. The van der Waals surface area contributed by atoms with E-state index in [1.165, 1.54) is 7.05 Å². The minimum absolute atomic E-state index is 0.0436. The van der Waals surface area contributed by atoms with E-state index in [1.807, 2.05) is 13.8 Å². The summed E-state index contributed by atoms with van der Waals surface area (Å²) in [7, 11) is -2.33. The van der Waals surface area contributed by atoms with Gasteiger partial charge in [-0.05, 0) is 19.8 Å². The van der Waals surface area contributed by atoms with Crippen LogP contribution in [0.25, 0.3) is 0 Å². The molecular formula is C12H21N3O4S. The summed E-state index contributed by atoms with van der Waals surface area (Å²) in [6.45, 7) is 6.91. The van der Waals surface area contributed by atoms with Crippen molar-refractivity contribution in [3.63, 3.8) is 0 Å². The Labute approximate surface area is 119 Å². The van der Waals surface area contributed by atoms with Gasteiger partial charge in [0.2, 0.25) is 15.9 Å². The summed E-state index contributed by atoms with van der Waals surface area (Å²) >= 11 is 0. The van der Waals surface area contributed by atoms with Crippen LogP contribution >= 0.6 is 0 Å². The zero-order valence-corrected chi connectivity index (χ0v) is 13.2. The minimum atomic E-state index is -3.80. The second-order valence-electron chi connectivity index (χ2n) is 5.02. The Hall–Kier alpha value is -1.41. The van der Waals surface area contributed by atoms with Crippen LogP contribution in [0.5, 0.6) is 0 Å². The number of carbonyl (C=O) groups is 1. The Morgan fingerprint density at radius 2 is 2.00 bits per heavy atom. The minimum Gasteiger partial charge on any atom is -0.360 e. The zero-order valence-electron chi connectivity index (χ0n) is 12.4. The number of aromatic nitrogens is 1. The number of amides is 1. The van der Waals surface area contributed by atoms with Gasteiger partial charge in [0.25, 0.3) is 0 Å². The lowest BCUT2D eigenvalue weighted by Crippen LogP contribution is -2.41. The molecule has 0 aliphatic carbocycles. The monoisotopic (exact) mass is 303 g/mol. The van der Waals surface area contributed by atoms with Crippen LogP contribution in [0.1, 0.15) is 25.3 Å². The molecule has 0 aliphatic rings. The molecule has 0 fully saturated rings. The van der Waals surface area contributed by atoms with Crippen molar-refractivity contribution >= 4 is 15.9 Å². The number of likely N-dealkylation sites (N-methyl/N-ethyl adjacent to an activating group) is 1. The van der Waals surface area contributed by atoms with Crippen LogP contribution < -0.4 is 5.32 Å². The van der Waals surface area contributed by atoms with Gasteiger partial charge in [0, 0.05) is 13.6 Å². The molecule has 1 rings (SSSR count). The van der Waals surface area contributed by atoms with Crippen LogP contribution in [0.2, 0.25) is 0 Å². The van der Waals surface area contributed by atoms with Gasteiger partial charge >= 0.3 is 0 Å². The number of rotatable bonds is 6. The summed E-state index contributed by atoms with van der Waals surface area (Å²) in [5, 5.41) is 6.09. The number of carbonyl (C=O) groups excluding carboxylic acids is 1. The molecule has 1 heterocycles. The lowest BCUT2D eigenvalue weighted by Gasteiger charge is -2.22. The highest BCUT2D eigenvalue weighted by Crippen LogP contribution is 2.23. The number of nitrogens with one attached hydrogen (secondary N) is 1. The van der Waals surface area contributed by atoms with E-state index in [1.54, 1.807) is 13.8 Å². The SMILES string of the molecule is CNC(=O)CN(CC(C)C)S(=O)(=O)c1c(C)noc1C. The standard InChI is InChI=1S/C12H21N3O4S/c1-8(2)6-15(7-11(16)13-5)20(17,18)12-9(3)14-19-10(12)4/h8H,6-7H2,1-5H3,(H,13,16). The van der Waals surface area contributed by atoms with Crippen LogP contribution in [0.3, 0.4) is 0 Å². The van der Waals surface area contributed by atoms with Crippen molar-refractivity contribution in [1.82, 2.24) is 14.8 Å².